The second-order valence-corrected chi connectivity index (χ2v) is 5.18. The third-order valence-electron chi connectivity index (χ3n) is 3.61. The zero-order valence-corrected chi connectivity index (χ0v) is 12.4. The number of nitrogens with zero attached hydrogens (tertiary/aromatic N) is 3. The highest BCUT2D eigenvalue weighted by molar-refractivity contribution is 5.88. The summed E-state index contributed by atoms with van der Waals surface area (Å²) in [7, 11) is 1.43. The molecule has 0 atom stereocenters. The van der Waals surface area contributed by atoms with E-state index in [-0.39, 0.29) is 11.1 Å². The number of nitrogens with one attached hydrogen (secondary N) is 1. The van der Waals surface area contributed by atoms with Crippen LogP contribution < -0.4 is 5.56 Å². The summed E-state index contributed by atoms with van der Waals surface area (Å²) in [6.45, 7) is 1.86. The van der Waals surface area contributed by atoms with Crippen molar-refractivity contribution in [3.05, 3.63) is 46.1 Å². The number of aryl methyl sites for hydroxylation is 2. The molecular formula is C15H13F3N4O. The molecule has 0 aliphatic rings. The van der Waals surface area contributed by atoms with E-state index < -0.39 is 11.9 Å². The molecule has 23 heavy (non-hydrogen) atoms. The predicted octanol–water partition coefficient (Wildman–Crippen LogP) is 2.90. The average molecular weight is 322 g/mol. The van der Waals surface area contributed by atoms with Crippen LogP contribution in [0.5, 0.6) is 0 Å². The quantitative estimate of drug-likeness (QED) is 0.789. The van der Waals surface area contributed by atoms with Crippen LogP contribution in [0.3, 0.4) is 0 Å². The molecule has 0 aliphatic heterocycles. The van der Waals surface area contributed by atoms with Crippen LogP contribution in [0.15, 0.2) is 29.2 Å². The molecule has 0 bridgehead atoms. The Bertz CT molecular complexity index is 940. The molecule has 0 radical (unpaired) electrons. The maximum atomic E-state index is 13.1. The van der Waals surface area contributed by atoms with Crippen molar-refractivity contribution >= 4 is 10.8 Å². The third kappa shape index (κ3) is 2.60. The third-order valence-corrected chi connectivity index (χ3v) is 3.61. The molecule has 0 aliphatic carbocycles. The second kappa shape index (κ2) is 5.22. The fraction of sp³-hybridized carbons (Fsp3) is 0.267. The minimum atomic E-state index is -4.55. The number of benzene rings is 1. The Morgan fingerprint density at radius 1 is 1.26 bits per heavy atom. The molecule has 0 fully saturated rings. The number of hydrogen-bond acceptors (Lipinski definition) is 3. The van der Waals surface area contributed by atoms with Gasteiger partial charge < -0.3 is 0 Å². The topological polar surface area (TPSA) is 63.6 Å². The van der Waals surface area contributed by atoms with Crippen molar-refractivity contribution in [2.45, 2.75) is 19.5 Å². The van der Waals surface area contributed by atoms with Gasteiger partial charge in [-0.2, -0.15) is 23.4 Å². The lowest BCUT2D eigenvalue weighted by molar-refractivity contribution is -0.140. The first-order valence-corrected chi connectivity index (χ1v) is 6.93. The maximum Gasteiger partial charge on any atom is 0.435 e. The van der Waals surface area contributed by atoms with Crippen LogP contribution in [0.2, 0.25) is 0 Å². The molecule has 8 heteroatoms. The predicted molar refractivity (Wildman–Crippen MR) is 78.9 cm³/mol. The Kier molecular flexibility index (Phi) is 3.46. The van der Waals surface area contributed by atoms with Gasteiger partial charge in [0.2, 0.25) is 0 Å². The summed E-state index contributed by atoms with van der Waals surface area (Å²) >= 11 is 0. The van der Waals surface area contributed by atoms with Crippen molar-refractivity contribution in [2.24, 2.45) is 7.05 Å². The second-order valence-electron chi connectivity index (χ2n) is 5.18. The molecule has 0 spiro atoms. The number of aromatic nitrogens is 4. The fourth-order valence-corrected chi connectivity index (χ4v) is 2.57. The maximum absolute atomic E-state index is 13.1. The molecule has 0 saturated heterocycles. The Hall–Kier alpha value is -2.64. The molecule has 3 aromatic rings. The first-order valence-electron chi connectivity index (χ1n) is 6.93. The van der Waals surface area contributed by atoms with E-state index in [4.69, 9.17) is 0 Å². The first kappa shape index (κ1) is 15.3. The van der Waals surface area contributed by atoms with E-state index >= 15 is 0 Å². The number of aromatic amines is 1. The number of fused-ring (bicyclic) bond motifs is 1. The summed E-state index contributed by atoms with van der Waals surface area (Å²) in [5, 5.41) is 10.8. The van der Waals surface area contributed by atoms with Crippen LogP contribution >= 0.6 is 0 Å². The standard InChI is InChI=1S/C15H13F3N4O/c1-3-12-10-6-8(4-5-9(10)14(23)20-19-12)11-7-22(2)21-13(11)15(16,17)18/h4-7H,3H2,1-2H3,(H,20,23). The van der Waals surface area contributed by atoms with Gasteiger partial charge in [0.15, 0.2) is 5.69 Å². The Morgan fingerprint density at radius 3 is 2.65 bits per heavy atom. The highest BCUT2D eigenvalue weighted by Gasteiger charge is 2.37. The van der Waals surface area contributed by atoms with Crippen molar-refractivity contribution < 1.29 is 13.2 Å². The summed E-state index contributed by atoms with van der Waals surface area (Å²) in [6, 6.07) is 4.56. The Labute approximate surface area is 128 Å². The molecule has 0 unspecified atom stereocenters. The van der Waals surface area contributed by atoms with E-state index in [1.54, 1.807) is 6.07 Å². The zero-order chi connectivity index (χ0) is 16.8. The molecule has 1 N–H and O–H groups in total. The van der Waals surface area contributed by atoms with Crippen LogP contribution in [0, 0.1) is 0 Å². The highest BCUT2D eigenvalue weighted by atomic mass is 19.4. The van der Waals surface area contributed by atoms with E-state index in [9.17, 15) is 18.0 Å². The molecule has 5 nitrogen and oxygen atoms in total. The summed E-state index contributed by atoms with van der Waals surface area (Å²) in [6.07, 6.45) is -2.68. The summed E-state index contributed by atoms with van der Waals surface area (Å²) in [4.78, 5) is 11.8. The first-order chi connectivity index (χ1) is 10.8. The number of halogens is 3. The van der Waals surface area contributed by atoms with E-state index in [1.807, 2.05) is 6.92 Å². The van der Waals surface area contributed by atoms with E-state index in [1.165, 1.54) is 25.4 Å². The van der Waals surface area contributed by atoms with Crippen LogP contribution in [0.25, 0.3) is 21.9 Å². The number of alkyl halides is 3. The van der Waals surface area contributed by atoms with Gasteiger partial charge in [-0.05, 0) is 24.1 Å². The van der Waals surface area contributed by atoms with Gasteiger partial charge in [0.1, 0.15) is 0 Å². The van der Waals surface area contributed by atoms with Crippen LogP contribution in [-0.4, -0.2) is 20.0 Å². The largest absolute Gasteiger partial charge is 0.435 e. The molecule has 2 aromatic heterocycles. The van der Waals surface area contributed by atoms with Gasteiger partial charge in [-0.1, -0.05) is 13.0 Å². The van der Waals surface area contributed by atoms with Crippen LogP contribution in [0.1, 0.15) is 18.3 Å². The van der Waals surface area contributed by atoms with Crippen molar-refractivity contribution in [3.8, 4) is 11.1 Å². The van der Waals surface area contributed by atoms with Gasteiger partial charge in [0.25, 0.3) is 5.56 Å². The molecule has 3 rings (SSSR count). The van der Waals surface area contributed by atoms with Crippen molar-refractivity contribution in [1.82, 2.24) is 20.0 Å². The summed E-state index contributed by atoms with van der Waals surface area (Å²) in [5.41, 5.74) is -0.371. The summed E-state index contributed by atoms with van der Waals surface area (Å²) in [5.74, 6) is 0. The number of H-pyrrole nitrogens is 1. The lowest BCUT2D eigenvalue weighted by Crippen LogP contribution is -2.11. The Morgan fingerprint density at radius 2 is 2.00 bits per heavy atom. The molecule has 1 aromatic carbocycles. The van der Waals surface area contributed by atoms with Gasteiger partial charge in [0.05, 0.1) is 11.1 Å². The minimum absolute atomic E-state index is 0.0239. The lowest BCUT2D eigenvalue weighted by atomic mass is 10.0. The van der Waals surface area contributed by atoms with Crippen LogP contribution in [0.4, 0.5) is 13.2 Å². The van der Waals surface area contributed by atoms with E-state index in [0.29, 0.717) is 28.5 Å². The number of rotatable bonds is 2. The normalized spacial score (nSPS) is 12.0. The van der Waals surface area contributed by atoms with Crippen LogP contribution in [-0.2, 0) is 19.6 Å². The van der Waals surface area contributed by atoms with Crippen molar-refractivity contribution in [3.63, 3.8) is 0 Å². The van der Waals surface area contributed by atoms with Gasteiger partial charge in [-0.3, -0.25) is 9.48 Å². The van der Waals surface area contributed by atoms with Gasteiger partial charge in [0, 0.05) is 24.2 Å². The van der Waals surface area contributed by atoms with Crippen molar-refractivity contribution in [2.75, 3.05) is 0 Å². The molecule has 120 valence electrons. The highest BCUT2D eigenvalue weighted by Crippen LogP contribution is 2.36. The minimum Gasteiger partial charge on any atom is -0.275 e. The summed E-state index contributed by atoms with van der Waals surface area (Å²) < 4.78 is 40.5. The van der Waals surface area contributed by atoms with E-state index in [0.717, 1.165) is 4.68 Å². The zero-order valence-electron chi connectivity index (χ0n) is 12.4. The van der Waals surface area contributed by atoms with Gasteiger partial charge in [-0.15, -0.1) is 0 Å². The fourth-order valence-electron chi connectivity index (χ4n) is 2.57. The molecular weight excluding hydrogens is 309 g/mol. The van der Waals surface area contributed by atoms with Gasteiger partial charge >= 0.3 is 6.18 Å². The SMILES string of the molecule is CCc1n[nH]c(=O)c2ccc(-c3cn(C)nc3C(F)(F)F)cc12. The van der Waals surface area contributed by atoms with E-state index in [2.05, 4.69) is 15.3 Å². The molecule has 0 saturated carbocycles. The Balaban J connectivity index is 2.29. The average Bonchev–Trinajstić information content (AvgIpc) is 2.90. The molecule has 0 amide bonds. The lowest BCUT2D eigenvalue weighted by Gasteiger charge is -2.08. The van der Waals surface area contributed by atoms with Crippen molar-refractivity contribution in [1.29, 1.82) is 0 Å². The monoisotopic (exact) mass is 322 g/mol. The molecule has 2 heterocycles. The smallest absolute Gasteiger partial charge is 0.275 e. The number of hydrogen-bond donors (Lipinski definition) is 1. The van der Waals surface area contributed by atoms with Gasteiger partial charge in [-0.25, -0.2) is 5.10 Å².